The molecule has 0 aliphatic carbocycles. The fraction of sp³-hybridized carbons (Fsp3) is 0.533. The second-order valence-electron chi connectivity index (χ2n) is 4.96. The number of hydrogen-bond donors (Lipinski definition) is 1. The molecule has 2 rings (SSSR count). The number of carbonyl (C=O) groups is 1. The van der Waals surface area contributed by atoms with Crippen LogP contribution in [-0.2, 0) is 9.53 Å². The average Bonchev–Trinajstić information content (AvgIpc) is 2.87. The van der Waals surface area contributed by atoms with E-state index in [0.717, 1.165) is 11.3 Å². The van der Waals surface area contributed by atoms with Gasteiger partial charge in [0.2, 0.25) is 5.91 Å². The molecule has 1 fully saturated rings. The van der Waals surface area contributed by atoms with Crippen LogP contribution < -0.4 is 10.2 Å². The number of carbonyl (C=O) groups excluding carboxylic acids is 1. The number of nitrogens with one attached hydrogen (secondary N) is 1. The monoisotopic (exact) mass is 262 g/mol. The van der Waals surface area contributed by atoms with E-state index in [1.807, 2.05) is 50.1 Å². The van der Waals surface area contributed by atoms with Gasteiger partial charge in [-0.25, -0.2) is 0 Å². The minimum atomic E-state index is -0.0922. The van der Waals surface area contributed by atoms with Crippen molar-refractivity contribution in [2.45, 2.75) is 19.9 Å². The largest absolute Gasteiger partial charge is 0.379 e. The van der Waals surface area contributed by atoms with Crippen molar-refractivity contribution in [3.8, 4) is 0 Å². The Bertz CT molecular complexity index is 448. The molecule has 4 nitrogen and oxygen atoms in total. The lowest BCUT2D eigenvalue weighted by Crippen LogP contribution is -2.45. The quantitative estimate of drug-likeness (QED) is 0.896. The summed E-state index contributed by atoms with van der Waals surface area (Å²) in [7, 11) is 1.88. The standard InChI is InChI=1S/C15H22N2O2/c1-4-17(12-7-5-6-11(2)8-12)15(18)13-9-19-10-14(13)16-3/h5-8,13-14,16H,4,9-10H2,1-3H3. The third-order valence-electron chi connectivity index (χ3n) is 3.66. The van der Waals surface area contributed by atoms with Crippen LogP contribution in [0, 0.1) is 12.8 Å². The predicted octanol–water partition coefficient (Wildman–Crippen LogP) is 1.58. The van der Waals surface area contributed by atoms with Crippen LogP contribution in [0.4, 0.5) is 5.69 Å². The molecule has 0 bridgehead atoms. The molecule has 1 amide bonds. The van der Waals surface area contributed by atoms with Crippen molar-refractivity contribution < 1.29 is 9.53 Å². The van der Waals surface area contributed by atoms with Crippen molar-refractivity contribution in [1.29, 1.82) is 0 Å². The molecule has 104 valence electrons. The lowest BCUT2D eigenvalue weighted by Gasteiger charge is -2.26. The molecular weight excluding hydrogens is 240 g/mol. The van der Waals surface area contributed by atoms with E-state index >= 15 is 0 Å². The smallest absolute Gasteiger partial charge is 0.234 e. The van der Waals surface area contributed by atoms with Crippen molar-refractivity contribution >= 4 is 11.6 Å². The third-order valence-corrected chi connectivity index (χ3v) is 3.66. The molecule has 1 N–H and O–H groups in total. The number of likely N-dealkylation sites (N-methyl/N-ethyl adjacent to an activating group) is 1. The van der Waals surface area contributed by atoms with Crippen molar-refractivity contribution in [2.75, 3.05) is 31.7 Å². The molecule has 0 aromatic heterocycles. The molecule has 19 heavy (non-hydrogen) atoms. The Hall–Kier alpha value is -1.39. The van der Waals surface area contributed by atoms with Gasteiger partial charge in [0, 0.05) is 18.3 Å². The average molecular weight is 262 g/mol. The van der Waals surface area contributed by atoms with Crippen LogP contribution in [0.3, 0.4) is 0 Å². The second kappa shape index (κ2) is 6.17. The molecule has 1 aliphatic rings. The first-order valence-electron chi connectivity index (χ1n) is 6.80. The molecule has 2 unspecified atom stereocenters. The highest BCUT2D eigenvalue weighted by Gasteiger charge is 2.35. The maximum Gasteiger partial charge on any atom is 0.234 e. The van der Waals surface area contributed by atoms with Gasteiger partial charge in [0.25, 0.3) is 0 Å². The van der Waals surface area contributed by atoms with Crippen LogP contribution in [0.2, 0.25) is 0 Å². The van der Waals surface area contributed by atoms with E-state index < -0.39 is 0 Å². The zero-order chi connectivity index (χ0) is 13.8. The van der Waals surface area contributed by atoms with Gasteiger partial charge in [0.05, 0.1) is 19.1 Å². The van der Waals surface area contributed by atoms with E-state index in [9.17, 15) is 4.79 Å². The molecule has 0 radical (unpaired) electrons. The highest BCUT2D eigenvalue weighted by molar-refractivity contribution is 5.95. The molecule has 1 saturated heterocycles. The van der Waals surface area contributed by atoms with Gasteiger partial charge in [-0.05, 0) is 38.6 Å². The molecule has 1 aliphatic heterocycles. The van der Waals surface area contributed by atoms with Crippen molar-refractivity contribution in [3.63, 3.8) is 0 Å². The zero-order valence-electron chi connectivity index (χ0n) is 11.8. The van der Waals surface area contributed by atoms with Gasteiger partial charge in [0.1, 0.15) is 0 Å². The third kappa shape index (κ3) is 2.96. The first-order valence-corrected chi connectivity index (χ1v) is 6.80. The van der Waals surface area contributed by atoms with Crippen molar-refractivity contribution in [1.82, 2.24) is 5.32 Å². The maximum atomic E-state index is 12.7. The minimum absolute atomic E-state index is 0.0922. The summed E-state index contributed by atoms with van der Waals surface area (Å²) in [5.41, 5.74) is 2.13. The topological polar surface area (TPSA) is 41.6 Å². The molecule has 2 atom stereocenters. The van der Waals surface area contributed by atoms with Gasteiger partial charge in [0.15, 0.2) is 0 Å². The summed E-state index contributed by atoms with van der Waals surface area (Å²) in [6.45, 7) is 5.83. The van der Waals surface area contributed by atoms with Crippen LogP contribution in [0.25, 0.3) is 0 Å². The summed E-state index contributed by atoms with van der Waals surface area (Å²) in [4.78, 5) is 14.5. The Kier molecular flexibility index (Phi) is 4.56. The maximum absolute atomic E-state index is 12.7. The van der Waals surface area contributed by atoms with E-state index in [4.69, 9.17) is 4.74 Å². The molecule has 1 heterocycles. The Balaban J connectivity index is 2.19. The minimum Gasteiger partial charge on any atom is -0.379 e. The first-order chi connectivity index (χ1) is 9.17. The Morgan fingerprint density at radius 2 is 2.26 bits per heavy atom. The number of anilines is 1. The Labute approximate surface area is 114 Å². The summed E-state index contributed by atoms with van der Waals surface area (Å²) < 4.78 is 5.43. The van der Waals surface area contributed by atoms with Gasteiger partial charge < -0.3 is 15.0 Å². The van der Waals surface area contributed by atoms with Crippen LogP contribution in [0.1, 0.15) is 12.5 Å². The molecule has 1 aromatic carbocycles. The van der Waals surface area contributed by atoms with Gasteiger partial charge in [-0.2, -0.15) is 0 Å². The lowest BCUT2D eigenvalue weighted by molar-refractivity contribution is -0.122. The SMILES string of the molecule is CCN(C(=O)C1COCC1NC)c1cccc(C)c1. The van der Waals surface area contributed by atoms with Gasteiger partial charge in [-0.15, -0.1) is 0 Å². The Morgan fingerprint density at radius 3 is 2.89 bits per heavy atom. The highest BCUT2D eigenvalue weighted by atomic mass is 16.5. The molecule has 0 spiro atoms. The lowest BCUT2D eigenvalue weighted by atomic mass is 10.0. The van der Waals surface area contributed by atoms with E-state index in [2.05, 4.69) is 5.32 Å². The predicted molar refractivity (Wildman–Crippen MR) is 76.4 cm³/mol. The summed E-state index contributed by atoms with van der Waals surface area (Å²) in [6.07, 6.45) is 0. The molecular formula is C15H22N2O2. The van der Waals surface area contributed by atoms with E-state index in [-0.39, 0.29) is 17.9 Å². The molecule has 1 aromatic rings. The van der Waals surface area contributed by atoms with Crippen LogP contribution >= 0.6 is 0 Å². The summed E-state index contributed by atoms with van der Waals surface area (Å²) in [5.74, 6) is 0.0513. The number of benzene rings is 1. The zero-order valence-corrected chi connectivity index (χ0v) is 11.8. The molecule has 0 saturated carbocycles. The van der Waals surface area contributed by atoms with Crippen LogP contribution in [0.5, 0.6) is 0 Å². The van der Waals surface area contributed by atoms with Gasteiger partial charge in [-0.1, -0.05) is 12.1 Å². The number of ether oxygens (including phenoxy) is 1. The second-order valence-corrected chi connectivity index (χ2v) is 4.96. The summed E-state index contributed by atoms with van der Waals surface area (Å²) >= 11 is 0. The van der Waals surface area contributed by atoms with Gasteiger partial charge >= 0.3 is 0 Å². The number of amides is 1. The van der Waals surface area contributed by atoms with E-state index in [1.54, 1.807) is 0 Å². The molecule has 4 heteroatoms. The normalized spacial score (nSPS) is 22.5. The van der Waals surface area contributed by atoms with Gasteiger partial charge in [-0.3, -0.25) is 4.79 Å². The van der Waals surface area contributed by atoms with Crippen LogP contribution in [0.15, 0.2) is 24.3 Å². The fourth-order valence-electron chi connectivity index (χ4n) is 2.54. The van der Waals surface area contributed by atoms with Crippen molar-refractivity contribution in [3.05, 3.63) is 29.8 Å². The number of nitrogens with zero attached hydrogens (tertiary/aromatic N) is 1. The van der Waals surface area contributed by atoms with E-state index in [1.165, 1.54) is 0 Å². The van der Waals surface area contributed by atoms with Crippen LogP contribution in [-0.4, -0.2) is 38.8 Å². The van der Waals surface area contributed by atoms with E-state index in [0.29, 0.717) is 19.8 Å². The summed E-state index contributed by atoms with van der Waals surface area (Å²) in [5, 5.41) is 3.16. The Morgan fingerprint density at radius 1 is 1.47 bits per heavy atom. The number of rotatable bonds is 4. The highest BCUT2D eigenvalue weighted by Crippen LogP contribution is 2.22. The fourth-order valence-corrected chi connectivity index (χ4v) is 2.54. The first kappa shape index (κ1) is 14.0. The summed E-state index contributed by atoms with van der Waals surface area (Å²) in [6, 6.07) is 8.17. The van der Waals surface area contributed by atoms with Crippen molar-refractivity contribution in [2.24, 2.45) is 5.92 Å². The number of hydrogen-bond acceptors (Lipinski definition) is 3. The number of aryl methyl sites for hydroxylation is 1.